The summed E-state index contributed by atoms with van der Waals surface area (Å²) in [6.07, 6.45) is 4.95. The Morgan fingerprint density at radius 2 is 1.75 bits per heavy atom. The molecule has 2 aliphatic heterocycles. The fraction of sp³-hybridized carbons (Fsp3) is 0.533. The number of anilines is 1. The van der Waals surface area contributed by atoms with E-state index >= 15 is 0 Å². The Morgan fingerprint density at radius 3 is 2.39 bits per heavy atom. The lowest BCUT2D eigenvalue weighted by Gasteiger charge is -2.41. The maximum Gasteiger partial charge on any atom is 0.283 e. The number of halogens is 1. The van der Waals surface area contributed by atoms with Crippen LogP contribution in [-0.4, -0.2) is 97.6 Å². The highest BCUT2D eigenvalue weighted by Gasteiger charge is 2.33. The van der Waals surface area contributed by atoms with Gasteiger partial charge in [-0.15, -0.1) is 0 Å². The van der Waals surface area contributed by atoms with Gasteiger partial charge in [-0.3, -0.25) is 14.5 Å². The van der Waals surface area contributed by atoms with Crippen LogP contribution in [0.4, 0.5) is 10.1 Å². The van der Waals surface area contributed by atoms with Gasteiger partial charge >= 0.3 is 0 Å². The lowest BCUT2D eigenvalue weighted by atomic mass is 9.82. The summed E-state index contributed by atoms with van der Waals surface area (Å²) in [5, 5.41) is 8.25. The van der Waals surface area contributed by atoms with Crippen LogP contribution < -0.4 is 14.9 Å². The third-order valence-corrected chi connectivity index (χ3v) is 10.0. The number of fused-ring (bicyclic) bond motifs is 1. The number of sulfonamides is 1. The van der Waals surface area contributed by atoms with Crippen LogP contribution in [0.3, 0.4) is 0 Å². The van der Waals surface area contributed by atoms with E-state index in [1.807, 2.05) is 0 Å². The zero-order valence-electron chi connectivity index (χ0n) is 24.8. The van der Waals surface area contributed by atoms with Crippen molar-refractivity contribution < 1.29 is 27.1 Å². The number of hydrogen-bond donors (Lipinski definition) is 2. The number of pyridine rings is 1. The molecule has 3 aliphatic rings. The van der Waals surface area contributed by atoms with E-state index < -0.39 is 21.7 Å². The molecule has 0 unspecified atom stereocenters. The highest BCUT2D eigenvalue weighted by Crippen LogP contribution is 2.43. The number of piperidine rings is 1. The summed E-state index contributed by atoms with van der Waals surface area (Å²) >= 11 is 0. The Morgan fingerprint density at radius 1 is 1.05 bits per heavy atom. The minimum absolute atomic E-state index is 0.0608. The minimum atomic E-state index is -4.05. The van der Waals surface area contributed by atoms with Crippen LogP contribution in [0.15, 0.2) is 30.3 Å². The van der Waals surface area contributed by atoms with Crippen molar-refractivity contribution in [3.05, 3.63) is 47.5 Å². The summed E-state index contributed by atoms with van der Waals surface area (Å²) in [7, 11) is -4.05. The largest absolute Gasteiger partial charge is 0.379 e. The molecule has 4 heterocycles. The smallest absolute Gasteiger partial charge is 0.283 e. The van der Waals surface area contributed by atoms with E-state index in [0.717, 1.165) is 88.3 Å². The standard InChI is InChI=1S/C30H38FN7O5S/c1-20(39)32-11-18-44(41,42)35-30(40)25-19-26(37-12-9-23(10-13-37)36-14-16-43-17-15-36)27-28(21-3-2-4-21)34-38(29(27)33-25)24-7-5-22(31)6-8-24/h5-8,19,21,23H,2-4,9-18H2,1H3,(H,32,39)(H,35,40). The molecule has 1 saturated carbocycles. The molecule has 6 rings (SSSR count). The summed E-state index contributed by atoms with van der Waals surface area (Å²) in [5.74, 6) is -1.83. The van der Waals surface area contributed by atoms with E-state index in [2.05, 4.69) is 24.8 Å². The summed E-state index contributed by atoms with van der Waals surface area (Å²) in [5.41, 5.74) is 2.64. The minimum Gasteiger partial charge on any atom is -0.379 e. The average molecular weight is 628 g/mol. The van der Waals surface area contributed by atoms with Gasteiger partial charge in [-0.2, -0.15) is 5.10 Å². The van der Waals surface area contributed by atoms with Crippen molar-refractivity contribution in [2.75, 3.05) is 56.6 Å². The Hall–Kier alpha value is -3.62. The maximum absolute atomic E-state index is 13.9. The van der Waals surface area contributed by atoms with Crippen molar-refractivity contribution >= 4 is 38.6 Å². The molecule has 12 nitrogen and oxygen atoms in total. The first kappa shape index (κ1) is 30.4. The normalized spacial score (nSPS) is 18.7. The van der Waals surface area contributed by atoms with Gasteiger partial charge in [-0.25, -0.2) is 27.2 Å². The molecule has 3 aromatic rings. The lowest BCUT2D eigenvalue weighted by molar-refractivity contribution is -0.118. The molecule has 0 radical (unpaired) electrons. The lowest BCUT2D eigenvalue weighted by Crippen LogP contribution is -2.49. The summed E-state index contributed by atoms with van der Waals surface area (Å²) < 4.78 is 48.5. The number of ether oxygens (including phenoxy) is 1. The number of nitrogens with zero attached hydrogens (tertiary/aromatic N) is 5. The molecule has 2 amide bonds. The molecular weight excluding hydrogens is 589 g/mol. The van der Waals surface area contributed by atoms with E-state index in [0.29, 0.717) is 17.4 Å². The predicted octanol–water partition coefficient (Wildman–Crippen LogP) is 2.32. The van der Waals surface area contributed by atoms with Crippen LogP contribution >= 0.6 is 0 Å². The van der Waals surface area contributed by atoms with Gasteiger partial charge in [0.1, 0.15) is 11.5 Å². The molecule has 0 bridgehead atoms. The number of hydrogen-bond acceptors (Lipinski definition) is 9. The molecule has 2 N–H and O–H groups in total. The number of amides is 2. The second-order valence-corrected chi connectivity index (χ2v) is 13.6. The Bertz CT molecular complexity index is 1630. The second kappa shape index (κ2) is 12.8. The fourth-order valence-corrected chi connectivity index (χ4v) is 7.10. The number of carbonyl (C=O) groups is 2. The molecule has 2 saturated heterocycles. The average Bonchev–Trinajstić information content (AvgIpc) is 3.35. The molecule has 3 fully saturated rings. The topological polar surface area (TPSA) is 139 Å². The van der Waals surface area contributed by atoms with Crippen molar-refractivity contribution in [1.29, 1.82) is 0 Å². The van der Waals surface area contributed by atoms with Crippen molar-refractivity contribution in [3.8, 4) is 5.69 Å². The van der Waals surface area contributed by atoms with Crippen LogP contribution in [0.1, 0.15) is 61.1 Å². The summed E-state index contributed by atoms with van der Waals surface area (Å²) in [6.45, 7) is 5.98. The molecule has 0 spiro atoms. The van der Waals surface area contributed by atoms with Gasteiger partial charge in [0, 0.05) is 51.6 Å². The Balaban J connectivity index is 1.39. The molecule has 2 aromatic heterocycles. The molecule has 44 heavy (non-hydrogen) atoms. The van der Waals surface area contributed by atoms with Crippen LogP contribution in [0.25, 0.3) is 16.7 Å². The van der Waals surface area contributed by atoms with Gasteiger partial charge in [0.2, 0.25) is 15.9 Å². The first-order chi connectivity index (χ1) is 21.2. The second-order valence-electron chi connectivity index (χ2n) is 11.7. The van der Waals surface area contributed by atoms with Gasteiger partial charge in [0.25, 0.3) is 5.91 Å². The Labute approximate surface area is 256 Å². The van der Waals surface area contributed by atoms with E-state index in [1.54, 1.807) is 22.9 Å². The van der Waals surface area contributed by atoms with Crippen LogP contribution in [0.2, 0.25) is 0 Å². The molecule has 0 atom stereocenters. The van der Waals surface area contributed by atoms with Crippen LogP contribution in [-0.2, 0) is 19.6 Å². The fourth-order valence-electron chi connectivity index (χ4n) is 6.24. The number of nitrogens with one attached hydrogen (secondary N) is 2. The van der Waals surface area contributed by atoms with Crippen molar-refractivity contribution in [2.24, 2.45) is 0 Å². The van der Waals surface area contributed by atoms with Crippen molar-refractivity contribution in [1.82, 2.24) is 29.7 Å². The predicted molar refractivity (Wildman–Crippen MR) is 163 cm³/mol. The quantitative estimate of drug-likeness (QED) is 0.366. The van der Waals surface area contributed by atoms with Gasteiger partial charge in [0.05, 0.1) is 41.4 Å². The molecule has 14 heteroatoms. The van der Waals surface area contributed by atoms with Gasteiger partial charge in [-0.05, 0) is 56.0 Å². The summed E-state index contributed by atoms with van der Waals surface area (Å²) in [4.78, 5) is 34.1. The van der Waals surface area contributed by atoms with Gasteiger partial charge in [-0.1, -0.05) is 6.42 Å². The highest BCUT2D eigenvalue weighted by molar-refractivity contribution is 7.90. The molecule has 1 aromatic carbocycles. The summed E-state index contributed by atoms with van der Waals surface area (Å²) in [6, 6.07) is 8.04. The van der Waals surface area contributed by atoms with E-state index in [4.69, 9.17) is 9.84 Å². The highest BCUT2D eigenvalue weighted by atomic mass is 32.2. The van der Waals surface area contributed by atoms with Crippen LogP contribution in [0, 0.1) is 5.82 Å². The van der Waals surface area contributed by atoms with Crippen molar-refractivity contribution in [3.63, 3.8) is 0 Å². The zero-order valence-corrected chi connectivity index (χ0v) is 25.6. The molecule has 236 valence electrons. The SMILES string of the molecule is CC(=O)NCCS(=O)(=O)NC(=O)c1cc(N2CCC(N3CCOCC3)CC2)c2c(C3CCC3)nn(-c3ccc(F)cc3)c2n1. The van der Waals surface area contributed by atoms with Crippen molar-refractivity contribution in [2.45, 2.75) is 51.0 Å². The molecular formula is C30H38FN7O5S. The van der Waals surface area contributed by atoms with E-state index in [-0.39, 0.29) is 29.9 Å². The third-order valence-electron chi connectivity index (χ3n) is 8.80. The Kier molecular flexibility index (Phi) is 8.83. The van der Waals surface area contributed by atoms with Gasteiger partial charge < -0.3 is 15.0 Å². The number of benzene rings is 1. The number of carbonyl (C=O) groups excluding carboxylic acids is 2. The first-order valence-electron chi connectivity index (χ1n) is 15.2. The number of rotatable bonds is 9. The maximum atomic E-state index is 13.9. The molecule has 1 aliphatic carbocycles. The zero-order chi connectivity index (χ0) is 30.8. The number of aromatic nitrogens is 3. The number of morpholine rings is 1. The van der Waals surface area contributed by atoms with Gasteiger partial charge in [0.15, 0.2) is 5.65 Å². The first-order valence-corrected chi connectivity index (χ1v) is 16.9. The third kappa shape index (κ3) is 6.57. The van der Waals surface area contributed by atoms with E-state index in [9.17, 15) is 22.4 Å². The van der Waals surface area contributed by atoms with E-state index in [1.165, 1.54) is 19.1 Å². The monoisotopic (exact) mass is 627 g/mol. The van der Waals surface area contributed by atoms with Crippen LogP contribution in [0.5, 0.6) is 0 Å².